The van der Waals surface area contributed by atoms with Gasteiger partial charge in [-0.1, -0.05) is 13.0 Å². The van der Waals surface area contributed by atoms with Crippen LogP contribution in [-0.4, -0.2) is 13.7 Å². The Morgan fingerprint density at radius 2 is 1.60 bits per heavy atom. The second-order valence-corrected chi connectivity index (χ2v) is 4.29. The van der Waals surface area contributed by atoms with E-state index in [1.807, 2.05) is 30.3 Å². The molecule has 0 radical (unpaired) electrons. The van der Waals surface area contributed by atoms with E-state index < -0.39 is 0 Å². The van der Waals surface area contributed by atoms with Gasteiger partial charge in [0.2, 0.25) is 0 Å². The summed E-state index contributed by atoms with van der Waals surface area (Å²) in [6.45, 7) is 2.78. The van der Waals surface area contributed by atoms with Gasteiger partial charge < -0.3 is 19.9 Å². The van der Waals surface area contributed by atoms with Crippen LogP contribution in [0.1, 0.15) is 13.3 Å². The van der Waals surface area contributed by atoms with E-state index in [0.717, 1.165) is 12.2 Å². The summed E-state index contributed by atoms with van der Waals surface area (Å²) in [5.74, 6) is 2.71. The molecule has 0 bridgehead atoms. The first-order chi connectivity index (χ1) is 9.74. The van der Waals surface area contributed by atoms with Crippen LogP contribution in [0.2, 0.25) is 0 Å². The molecule has 0 saturated heterocycles. The Bertz CT molecular complexity index is 552. The number of hydrogen-bond donors (Lipinski definition) is 1. The lowest BCUT2D eigenvalue weighted by atomic mass is 10.2. The predicted molar refractivity (Wildman–Crippen MR) is 79.7 cm³/mol. The van der Waals surface area contributed by atoms with Crippen molar-refractivity contribution >= 4 is 5.69 Å². The molecule has 0 amide bonds. The number of benzene rings is 2. The molecule has 0 unspecified atom stereocenters. The van der Waals surface area contributed by atoms with Crippen molar-refractivity contribution in [3.05, 3.63) is 42.5 Å². The summed E-state index contributed by atoms with van der Waals surface area (Å²) in [6.07, 6.45) is 0.985. The van der Waals surface area contributed by atoms with E-state index in [9.17, 15) is 0 Å². The first-order valence-electron chi connectivity index (χ1n) is 6.57. The summed E-state index contributed by atoms with van der Waals surface area (Å²) in [5.41, 5.74) is 6.45. The number of nitrogen functional groups attached to an aromatic ring is 1. The highest BCUT2D eigenvalue weighted by Crippen LogP contribution is 2.34. The van der Waals surface area contributed by atoms with Crippen LogP contribution >= 0.6 is 0 Å². The minimum atomic E-state index is 0.487. The number of anilines is 1. The van der Waals surface area contributed by atoms with Gasteiger partial charge in [0.05, 0.1) is 13.7 Å². The fourth-order valence-corrected chi connectivity index (χ4v) is 1.74. The number of ether oxygens (including phenoxy) is 3. The minimum Gasteiger partial charge on any atom is -0.494 e. The molecule has 2 aromatic carbocycles. The van der Waals surface area contributed by atoms with E-state index in [2.05, 4.69) is 6.92 Å². The number of para-hydroxylation sites is 1. The molecule has 0 fully saturated rings. The van der Waals surface area contributed by atoms with Crippen molar-refractivity contribution in [1.29, 1.82) is 0 Å². The third kappa shape index (κ3) is 3.35. The fourth-order valence-electron chi connectivity index (χ4n) is 1.74. The number of rotatable bonds is 6. The predicted octanol–water partition coefficient (Wildman–Crippen LogP) is 3.86. The zero-order chi connectivity index (χ0) is 14.4. The van der Waals surface area contributed by atoms with Gasteiger partial charge in [0.25, 0.3) is 0 Å². The molecule has 20 heavy (non-hydrogen) atoms. The smallest absolute Gasteiger partial charge is 0.154 e. The zero-order valence-corrected chi connectivity index (χ0v) is 11.8. The largest absolute Gasteiger partial charge is 0.494 e. The van der Waals surface area contributed by atoms with Gasteiger partial charge >= 0.3 is 0 Å². The minimum absolute atomic E-state index is 0.487. The molecule has 2 rings (SSSR count). The third-order valence-electron chi connectivity index (χ3n) is 2.77. The summed E-state index contributed by atoms with van der Waals surface area (Å²) in [5, 5.41) is 0. The number of hydrogen-bond acceptors (Lipinski definition) is 4. The maximum Gasteiger partial charge on any atom is 0.154 e. The first-order valence-corrected chi connectivity index (χ1v) is 6.57. The Hall–Kier alpha value is -2.36. The molecule has 0 spiro atoms. The third-order valence-corrected chi connectivity index (χ3v) is 2.77. The molecular weight excluding hydrogens is 254 g/mol. The summed E-state index contributed by atoms with van der Waals surface area (Å²) in [4.78, 5) is 0. The van der Waals surface area contributed by atoms with E-state index in [-0.39, 0.29) is 0 Å². The van der Waals surface area contributed by atoms with Gasteiger partial charge in [-0.3, -0.25) is 0 Å². The molecule has 4 nitrogen and oxygen atoms in total. The van der Waals surface area contributed by atoms with Gasteiger partial charge in [-0.05, 0) is 42.8 Å². The van der Waals surface area contributed by atoms with Gasteiger partial charge in [0.1, 0.15) is 22.9 Å². The van der Waals surface area contributed by atoms with Crippen LogP contribution in [0.25, 0.3) is 0 Å². The van der Waals surface area contributed by atoms with Gasteiger partial charge in [-0.15, -0.1) is 0 Å². The molecular formula is C16H19NO3. The van der Waals surface area contributed by atoms with Crippen molar-refractivity contribution in [1.82, 2.24) is 0 Å². The van der Waals surface area contributed by atoms with Crippen LogP contribution < -0.4 is 19.9 Å². The van der Waals surface area contributed by atoms with Gasteiger partial charge in [0, 0.05) is 0 Å². The average Bonchev–Trinajstić information content (AvgIpc) is 2.48. The van der Waals surface area contributed by atoms with Gasteiger partial charge in [0.15, 0.2) is 5.75 Å². The molecule has 0 aliphatic heterocycles. The molecule has 0 aromatic heterocycles. The summed E-state index contributed by atoms with van der Waals surface area (Å²) in [6, 6.07) is 12.9. The van der Waals surface area contributed by atoms with Crippen LogP contribution in [0.5, 0.6) is 23.0 Å². The van der Waals surface area contributed by atoms with Crippen molar-refractivity contribution in [2.24, 2.45) is 0 Å². The molecule has 0 heterocycles. The van der Waals surface area contributed by atoms with Crippen LogP contribution in [0.15, 0.2) is 42.5 Å². The first kappa shape index (κ1) is 14.1. The van der Waals surface area contributed by atoms with E-state index in [0.29, 0.717) is 29.5 Å². The maximum absolute atomic E-state index is 5.96. The molecule has 0 aliphatic rings. The Balaban J connectivity index is 2.10. The monoisotopic (exact) mass is 273 g/mol. The summed E-state index contributed by atoms with van der Waals surface area (Å²) in [7, 11) is 1.58. The molecule has 0 aliphatic carbocycles. The maximum atomic E-state index is 5.96. The standard InChI is InChI=1S/C16H19NO3/c1-3-11-19-12-7-9-13(10-8-12)20-15-6-4-5-14(18-2)16(15)17/h4-10H,3,11,17H2,1-2H3. The number of methoxy groups -OCH3 is 1. The molecule has 0 saturated carbocycles. The van der Waals surface area contributed by atoms with E-state index in [1.54, 1.807) is 19.2 Å². The van der Waals surface area contributed by atoms with Crippen LogP contribution in [0, 0.1) is 0 Å². The van der Waals surface area contributed by atoms with Crippen molar-refractivity contribution in [2.75, 3.05) is 19.5 Å². The second kappa shape index (κ2) is 6.70. The zero-order valence-electron chi connectivity index (χ0n) is 11.8. The van der Waals surface area contributed by atoms with Crippen LogP contribution in [0.4, 0.5) is 5.69 Å². The van der Waals surface area contributed by atoms with Crippen LogP contribution in [-0.2, 0) is 0 Å². The molecule has 106 valence electrons. The van der Waals surface area contributed by atoms with Crippen molar-refractivity contribution in [2.45, 2.75) is 13.3 Å². The van der Waals surface area contributed by atoms with Gasteiger partial charge in [-0.25, -0.2) is 0 Å². The van der Waals surface area contributed by atoms with E-state index >= 15 is 0 Å². The summed E-state index contributed by atoms with van der Waals surface area (Å²) >= 11 is 0. The van der Waals surface area contributed by atoms with Gasteiger partial charge in [-0.2, -0.15) is 0 Å². The lowest BCUT2D eigenvalue weighted by molar-refractivity contribution is 0.317. The molecule has 0 atom stereocenters. The second-order valence-electron chi connectivity index (χ2n) is 4.29. The summed E-state index contributed by atoms with van der Waals surface area (Å²) < 4.78 is 16.4. The highest BCUT2D eigenvalue weighted by atomic mass is 16.5. The average molecular weight is 273 g/mol. The van der Waals surface area contributed by atoms with E-state index in [1.165, 1.54) is 0 Å². The topological polar surface area (TPSA) is 53.7 Å². The molecule has 2 N–H and O–H groups in total. The molecule has 4 heteroatoms. The fraction of sp³-hybridized carbons (Fsp3) is 0.250. The van der Waals surface area contributed by atoms with Crippen molar-refractivity contribution in [3.8, 4) is 23.0 Å². The normalized spacial score (nSPS) is 10.1. The van der Waals surface area contributed by atoms with Crippen molar-refractivity contribution < 1.29 is 14.2 Å². The van der Waals surface area contributed by atoms with E-state index in [4.69, 9.17) is 19.9 Å². The highest BCUT2D eigenvalue weighted by Gasteiger charge is 2.07. The quantitative estimate of drug-likeness (QED) is 0.812. The van der Waals surface area contributed by atoms with Crippen LogP contribution in [0.3, 0.4) is 0 Å². The number of nitrogens with two attached hydrogens (primary N) is 1. The Morgan fingerprint density at radius 3 is 2.25 bits per heavy atom. The SMILES string of the molecule is CCCOc1ccc(Oc2cccc(OC)c2N)cc1. The highest BCUT2D eigenvalue weighted by molar-refractivity contribution is 5.63. The Kier molecular flexibility index (Phi) is 4.71. The lowest BCUT2D eigenvalue weighted by Crippen LogP contribution is -1.96. The Labute approximate surface area is 119 Å². The lowest BCUT2D eigenvalue weighted by Gasteiger charge is -2.11. The molecule has 2 aromatic rings. The van der Waals surface area contributed by atoms with Crippen molar-refractivity contribution in [3.63, 3.8) is 0 Å². The Morgan fingerprint density at radius 1 is 0.950 bits per heavy atom.